The fourth-order valence-electron chi connectivity index (χ4n) is 4.79. The van der Waals surface area contributed by atoms with Crippen molar-refractivity contribution >= 4 is 33.3 Å². The maximum atomic E-state index is 14.3. The molecular formula is C26H28F2N6O3S. The Bertz CT molecular complexity index is 1460. The SMILES string of the molecule is Cc1nc(N(C)Cc2c(F)cccc2F)nc(N[C@@H]2C[C@H](CO)[C@@H](O)[C@H]2O)c1-c1nc2c(C)nccc2s1. The molecule has 0 amide bonds. The second-order valence-electron chi connectivity index (χ2n) is 9.56. The maximum absolute atomic E-state index is 14.3. The number of nitrogens with zero attached hydrogens (tertiary/aromatic N) is 5. The summed E-state index contributed by atoms with van der Waals surface area (Å²) in [4.78, 5) is 19.9. The van der Waals surface area contributed by atoms with E-state index in [9.17, 15) is 24.1 Å². The van der Waals surface area contributed by atoms with Crippen molar-refractivity contribution < 1.29 is 24.1 Å². The number of aryl methyl sites for hydroxylation is 2. The van der Waals surface area contributed by atoms with E-state index in [0.717, 1.165) is 15.9 Å². The van der Waals surface area contributed by atoms with E-state index in [0.29, 0.717) is 28.5 Å². The van der Waals surface area contributed by atoms with Crippen LogP contribution in [0.2, 0.25) is 0 Å². The number of pyridine rings is 1. The van der Waals surface area contributed by atoms with Crippen LogP contribution in [0.25, 0.3) is 20.8 Å². The minimum absolute atomic E-state index is 0.107. The summed E-state index contributed by atoms with van der Waals surface area (Å²) >= 11 is 1.44. The summed E-state index contributed by atoms with van der Waals surface area (Å²) in [6.45, 7) is 3.29. The molecule has 0 saturated heterocycles. The minimum Gasteiger partial charge on any atom is -0.396 e. The summed E-state index contributed by atoms with van der Waals surface area (Å²) in [5.41, 5.74) is 2.60. The molecule has 4 N–H and O–H groups in total. The van der Waals surface area contributed by atoms with Gasteiger partial charge in [0, 0.05) is 31.3 Å². The average molecular weight is 543 g/mol. The van der Waals surface area contributed by atoms with Crippen LogP contribution in [0.5, 0.6) is 0 Å². The first kappa shape index (κ1) is 26.3. The van der Waals surface area contributed by atoms with Gasteiger partial charge in [-0.25, -0.2) is 18.7 Å². The maximum Gasteiger partial charge on any atom is 0.227 e. The second-order valence-corrected chi connectivity index (χ2v) is 10.6. The molecule has 200 valence electrons. The molecule has 1 aliphatic rings. The molecule has 0 spiro atoms. The number of anilines is 2. The Hall–Kier alpha value is -3.32. The molecule has 38 heavy (non-hydrogen) atoms. The van der Waals surface area contributed by atoms with Crippen LogP contribution in [-0.2, 0) is 6.54 Å². The quantitative estimate of drug-likeness (QED) is 0.278. The topological polar surface area (TPSA) is 128 Å². The van der Waals surface area contributed by atoms with Crippen LogP contribution in [0.15, 0.2) is 30.5 Å². The lowest BCUT2D eigenvalue weighted by Gasteiger charge is -2.24. The molecule has 4 aromatic rings. The lowest BCUT2D eigenvalue weighted by Crippen LogP contribution is -2.36. The highest BCUT2D eigenvalue weighted by Gasteiger charge is 2.41. The van der Waals surface area contributed by atoms with Crippen molar-refractivity contribution in [3.8, 4) is 10.6 Å². The van der Waals surface area contributed by atoms with E-state index in [1.165, 1.54) is 34.4 Å². The Kier molecular flexibility index (Phi) is 7.23. The van der Waals surface area contributed by atoms with Gasteiger partial charge in [-0.15, -0.1) is 11.3 Å². The lowest BCUT2D eigenvalue weighted by molar-refractivity contribution is 0.00446. The molecule has 5 rings (SSSR count). The van der Waals surface area contributed by atoms with Gasteiger partial charge in [0.15, 0.2) is 0 Å². The van der Waals surface area contributed by atoms with Crippen LogP contribution in [-0.4, -0.2) is 67.2 Å². The highest BCUT2D eigenvalue weighted by Crippen LogP contribution is 2.39. The van der Waals surface area contributed by atoms with Gasteiger partial charge in [0.2, 0.25) is 5.95 Å². The first-order valence-corrected chi connectivity index (χ1v) is 13.0. The van der Waals surface area contributed by atoms with Crippen molar-refractivity contribution in [3.05, 3.63) is 59.0 Å². The molecule has 3 aromatic heterocycles. The van der Waals surface area contributed by atoms with Gasteiger partial charge < -0.3 is 25.5 Å². The van der Waals surface area contributed by atoms with Gasteiger partial charge in [-0.05, 0) is 38.5 Å². The number of rotatable bonds is 7. The van der Waals surface area contributed by atoms with Crippen molar-refractivity contribution in [2.75, 3.05) is 23.9 Å². The van der Waals surface area contributed by atoms with Crippen LogP contribution < -0.4 is 10.2 Å². The van der Waals surface area contributed by atoms with Crippen LogP contribution in [0.3, 0.4) is 0 Å². The Morgan fingerprint density at radius 3 is 2.45 bits per heavy atom. The third-order valence-corrected chi connectivity index (χ3v) is 7.98. The van der Waals surface area contributed by atoms with Crippen LogP contribution in [0.4, 0.5) is 20.5 Å². The molecule has 0 unspecified atom stereocenters. The summed E-state index contributed by atoms with van der Waals surface area (Å²) in [6.07, 6.45) is -0.194. The van der Waals surface area contributed by atoms with E-state index in [1.807, 2.05) is 13.0 Å². The van der Waals surface area contributed by atoms with Gasteiger partial charge in [0.1, 0.15) is 34.1 Å². The number of benzene rings is 1. The zero-order valence-electron chi connectivity index (χ0n) is 21.1. The standard InChI is InChI=1S/C26H28F2N6O3S/c1-12-20(25-32-21-13(2)29-8-7-19(21)38-25)24(31-18-9-14(11-35)22(36)23(18)37)33-26(30-12)34(3)10-15-16(27)5-4-6-17(15)28/h4-8,14,18,22-23,35-37H,9-11H2,1-3H3,(H,30,31,33)/t14-,18-,22-,23+/m1/s1. The minimum atomic E-state index is -1.13. The first-order chi connectivity index (χ1) is 18.2. The van der Waals surface area contributed by atoms with Crippen molar-refractivity contribution in [1.29, 1.82) is 0 Å². The summed E-state index contributed by atoms with van der Waals surface area (Å²) in [5.74, 6) is -1.26. The highest BCUT2D eigenvalue weighted by atomic mass is 32.1. The van der Waals surface area contributed by atoms with Gasteiger partial charge in [-0.3, -0.25) is 4.98 Å². The van der Waals surface area contributed by atoms with Crippen molar-refractivity contribution in [2.24, 2.45) is 5.92 Å². The molecule has 3 heterocycles. The van der Waals surface area contributed by atoms with E-state index >= 15 is 0 Å². The summed E-state index contributed by atoms with van der Waals surface area (Å²) in [5, 5.41) is 34.5. The second kappa shape index (κ2) is 10.4. The Morgan fingerprint density at radius 2 is 1.79 bits per heavy atom. The molecule has 0 radical (unpaired) electrons. The third-order valence-electron chi connectivity index (χ3n) is 6.94. The van der Waals surface area contributed by atoms with Crippen LogP contribution in [0, 0.1) is 31.4 Å². The molecule has 0 aliphatic heterocycles. The predicted molar refractivity (Wildman–Crippen MR) is 141 cm³/mol. The molecular weight excluding hydrogens is 514 g/mol. The molecule has 4 atom stereocenters. The van der Waals surface area contributed by atoms with E-state index in [1.54, 1.807) is 20.2 Å². The fourth-order valence-corrected chi connectivity index (χ4v) is 5.90. The zero-order valence-corrected chi connectivity index (χ0v) is 21.9. The number of aliphatic hydroxyl groups is 3. The fraction of sp³-hybridized carbons (Fsp3) is 0.385. The third kappa shape index (κ3) is 4.80. The van der Waals surface area contributed by atoms with Crippen molar-refractivity contribution in [3.63, 3.8) is 0 Å². The number of hydrogen-bond donors (Lipinski definition) is 4. The largest absolute Gasteiger partial charge is 0.396 e. The molecule has 0 bridgehead atoms. The monoisotopic (exact) mass is 542 g/mol. The van der Waals surface area contributed by atoms with Gasteiger partial charge in [0.25, 0.3) is 0 Å². The predicted octanol–water partition coefficient (Wildman–Crippen LogP) is 3.19. The number of fused-ring (bicyclic) bond motifs is 1. The number of nitrogens with one attached hydrogen (secondary N) is 1. The highest BCUT2D eigenvalue weighted by molar-refractivity contribution is 7.21. The van der Waals surface area contributed by atoms with E-state index in [2.05, 4.69) is 20.3 Å². The number of halogens is 2. The van der Waals surface area contributed by atoms with Gasteiger partial charge >= 0.3 is 0 Å². The van der Waals surface area contributed by atoms with Crippen LogP contribution >= 0.6 is 11.3 Å². The zero-order chi connectivity index (χ0) is 27.1. The average Bonchev–Trinajstić information content (AvgIpc) is 3.43. The summed E-state index contributed by atoms with van der Waals surface area (Å²) < 4.78 is 29.6. The normalized spacial score (nSPS) is 21.3. The summed E-state index contributed by atoms with van der Waals surface area (Å²) in [7, 11) is 1.63. The molecule has 1 fully saturated rings. The Morgan fingerprint density at radius 1 is 1.05 bits per heavy atom. The lowest BCUT2D eigenvalue weighted by atomic mass is 10.1. The number of aromatic nitrogens is 4. The Balaban J connectivity index is 1.58. The van der Waals surface area contributed by atoms with E-state index in [4.69, 9.17) is 4.98 Å². The van der Waals surface area contributed by atoms with Gasteiger partial charge in [0.05, 0.1) is 40.3 Å². The smallest absolute Gasteiger partial charge is 0.227 e. The summed E-state index contributed by atoms with van der Waals surface area (Å²) in [6, 6.07) is 4.98. The Labute approximate surface area is 221 Å². The number of thiazole rings is 1. The van der Waals surface area contributed by atoms with Crippen molar-refractivity contribution in [1.82, 2.24) is 19.9 Å². The number of aliphatic hydroxyl groups excluding tert-OH is 3. The van der Waals surface area contributed by atoms with Crippen LogP contribution in [0.1, 0.15) is 23.4 Å². The first-order valence-electron chi connectivity index (χ1n) is 12.2. The molecule has 1 saturated carbocycles. The van der Waals surface area contributed by atoms with E-state index < -0.39 is 35.8 Å². The number of hydrogen-bond acceptors (Lipinski definition) is 10. The molecule has 1 aromatic carbocycles. The van der Waals surface area contributed by atoms with E-state index in [-0.39, 0.29) is 24.7 Å². The molecule has 1 aliphatic carbocycles. The van der Waals surface area contributed by atoms with Gasteiger partial charge in [-0.2, -0.15) is 4.98 Å². The van der Waals surface area contributed by atoms with Gasteiger partial charge in [-0.1, -0.05) is 6.07 Å². The van der Waals surface area contributed by atoms with Crippen molar-refractivity contribution in [2.45, 2.75) is 45.1 Å². The molecule has 12 heteroatoms. The molecule has 9 nitrogen and oxygen atoms in total.